The average Bonchev–Trinajstić information content (AvgIpc) is 2.67. The maximum atomic E-state index is 12.5. The summed E-state index contributed by atoms with van der Waals surface area (Å²) in [4.78, 5) is 16.7. The predicted octanol–water partition coefficient (Wildman–Crippen LogP) is 3.11. The summed E-state index contributed by atoms with van der Waals surface area (Å²) in [6.45, 7) is 3.36. The first-order valence-electron chi connectivity index (χ1n) is 8.32. The van der Waals surface area contributed by atoms with E-state index in [0.717, 1.165) is 31.9 Å². The van der Waals surface area contributed by atoms with Gasteiger partial charge in [0.2, 0.25) is 5.91 Å². The van der Waals surface area contributed by atoms with Crippen molar-refractivity contribution >= 4 is 28.9 Å². The van der Waals surface area contributed by atoms with Crippen LogP contribution < -0.4 is 15.0 Å². The monoisotopic (exact) mass is 359 g/mol. The van der Waals surface area contributed by atoms with E-state index in [4.69, 9.17) is 16.3 Å². The zero-order chi connectivity index (χ0) is 17.6. The van der Waals surface area contributed by atoms with Gasteiger partial charge in [0.05, 0.1) is 19.3 Å². The Bertz CT molecular complexity index is 716. The number of benzene rings is 2. The summed E-state index contributed by atoms with van der Waals surface area (Å²) < 4.78 is 5.29. The van der Waals surface area contributed by atoms with Crippen molar-refractivity contribution < 1.29 is 9.53 Å². The van der Waals surface area contributed by atoms with Gasteiger partial charge in [-0.15, -0.1) is 0 Å². The van der Waals surface area contributed by atoms with Gasteiger partial charge in [0.1, 0.15) is 5.75 Å². The van der Waals surface area contributed by atoms with Crippen LogP contribution in [0.2, 0.25) is 5.02 Å². The van der Waals surface area contributed by atoms with Crippen LogP contribution in [-0.2, 0) is 4.79 Å². The number of anilines is 2. The molecule has 0 spiro atoms. The molecule has 25 heavy (non-hydrogen) atoms. The largest absolute Gasteiger partial charge is 0.495 e. The third kappa shape index (κ3) is 4.37. The molecule has 6 heteroatoms. The van der Waals surface area contributed by atoms with Crippen molar-refractivity contribution in [2.24, 2.45) is 0 Å². The van der Waals surface area contributed by atoms with Crippen LogP contribution in [0.5, 0.6) is 5.75 Å². The van der Waals surface area contributed by atoms with Crippen molar-refractivity contribution in [2.75, 3.05) is 50.1 Å². The number of nitrogens with one attached hydrogen (secondary N) is 1. The lowest BCUT2D eigenvalue weighted by Gasteiger charge is -2.36. The van der Waals surface area contributed by atoms with E-state index in [2.05, 4.69) is 22.3 Å². The summed E-state index contributed by atoms with van der Waals surface area (Å²) in [6, 6.07) is 15.6. The first-order chi connectivity index (χ1) is 12.2. The highest BCUT2D eigenvalue weighted by atomic mass is 35.5. The number of nitrogens with zero attached hydrogens (tertiary/aromatic N) is 2. The number of carbonyl (C=O) groups is 1. The Labute approximate surface area is 153 Å². The number of para-hydroxylation sites is 1. The molecule has 3 rings (SSSR count). The molecule has 0 radical (unpaired) electrons. The van der Waals surface area contributed by atoms with Crippen molar-refractivity contribution in [2.45, 2.75) is 0 Å². The smallest absolute Gasteiger partial charge is 0.241 e. The van der Waals surface area contributed by atoms with Crippen LogP contribution in [-0.4, -0.2) is 50.6 Å². The van der Waals surface area contributed by atoms with Crippen LogP contribution >= 0.6 is 11.6 Å². The Morgan fingerprint density at radius 2 is 1.84 bits per heavy atom. The Morgan fingerprint density at radius 3 is 2.52 bits per heavy atom. The molecular formula is C19H22ClN3O2. The molecule has 2 aromatic rings. The first-order valence-corrected chi connectivity index (χ1v) is 8.70. The molecule has 0 aliphatic carbocycles. The Morgan fingerprint density at radius 1 is 1.12 bits per heavy atom. The minimum atomic E-state index is 0.0785. The van der Waals surface area contributed by atoms with Gasteiger partial charge in [0.15, 0.2) is 0 Å². The van der Waals surface area contributed by atoms with Gasteiger partial charge < -0.3 is 19.9 Å². The van der Waals surface area contributed by atoms with E-state index in [0.29, 0.717) is 10.8 Å². The fourth-order valence-corrected chi connectivity index (χ4v) is 3.13. The molecule has 1 saturated heterocycles. The highest BCUT2D eigenvalue weighted by Crippen LogP contribution is 2.27. The number of ether oxygens (including phenoxy) is 1. The third-order valence-electron chi connectivity index (χ3n) is 4.35. The van der Waals surface area contributed by atoms with Gasteiger partial charge in [-0.3, -0.25) is 4.79 Å². The van der Waals surface area contributed by atoms with E-state index in [9.17, 15) is 4.79 Å². The number of piperazine rings is 1. The number of carbonyl (C=O) groups excluding carboxylic acids is 1. The van der Waals surface area contributed by atoms with Gasteiger partial charge in [0, 0.05) is 36.9 Å². The normalized spacial score (nSPS) is 14.3. The van der Waals surface area contributed by atoms with E-state index in [1.54, 1.807) is 25.3 Å². The summed E-state index contributed by atoms with van der Waals surface area (Å²) >= 11 is 6.02. The molecule has 1 fully saturated rings. The number of halogens is 1. The van der Waals surface area contributed by atoms with Crippen molar-refractivity contribution in [3.63, 3.8) is 0 Å². The van der Waals surface area contributed by atoms with Crippen LogP contribution in [0.25, 0.3) is 0 Å². The van der Waals surface area contributed by atoms with E-state index in [-0.39, 0.29) is 12.5 Å². The van der Waals surface area contributed by atoms with Gasteiger partial charge in [-0.2, -0.15) is 0 Å². The zero-order valence-electron chi connectivity index (χ0n) is 14.2. The molecule has 1 N–H and O–H groups in total. The molecule has 1 heterocycles. The molecule has 0 atom stereocenters. The van der Waals surface area contributed by atoms with Gasteiger partial charge >= 0.3 is 0 Å². The van der Waals surface area contributed by atoms with E-state index in [1.807, 2.05) is 23.1 Å². The second kappa shape index (κ2) is 8.12. The summed E-state index contributed by atoms with van der Waals surface area (Å²) in [6.07, 6.45) is 0. The lowest BCUT2D eigenvalue weighted by Crippen LogP contribution is -2.50. The Balaban J connectivity index is 1.52. The highest BCUT2D eigenvalue weighted by molar-refractivity contribution is 6.30. The van der Waals surface area contributed by atoms with Crippen molar-refractivity contribution in [1.29, 1.82) is 0 Å². The molecule has 1 amide bonds. The fraction of sp³-hybridized carbons (Fsp3) is 0.316. The summed E-state index contributed by atoms with van der Waals surface area (Å²) in [5.74, 6) is 0.751. The predicted molar refractivity (Wildman–Crippen MR) is 102 cm³/mol. The molecule has 2 aromatic carbocycles. The van der Waals surface area contributed by atoms with Crippen molar-refractivity contribution in [3.05, 3.63) is 53.6 Å². The van der Waals surface area contributed by atoms with Crippen LogP contribution in [0.15, 0.2) is 48.5 Å². The maximum Gasteiger partial charge on any atom is 0.241 e. The van der Waals surface area contributed by atoms with Gasteiger partial charge in [-0.25, -0.2) is 0 Å². The molecule has 0 bridgehead atoms. The van der Waals surface area contributed by atoms with E-state index < -0.39 is 0 Å². The van der Waals surface area contributed by atoms with Crippen LogP contribution in [0.3, 0.4) is 0 Å². The van der Waals surface area contributed by atoms with Crippen molar-refractivity contribution in [1.82, 2.24) is 4.90 Å². The molecule has 0 aromatic heterocycles. The van der Waals surface area contributed by atoms with Crippen LogP contribution in [0, 0.1) is 0 Å². The SMILES string of the molecule is COc1ccc(Cl)cc1NCC(=O)N1CCN(c2ccccc2)CC1. The van der Waals surface area contributed by atoms with Gasteiger partial charge in [-0.1, -0.05) is 29.8 Å². The highest BCUT2D eigenvalue weighted by Gasteiger charge is 2.21. The topological polar surface area (TPSA) is 44.8 Å². The molecule has 132 valence electrons. The number of rotatable bonds is 5. The molecule has 5 nitrogen and oxygen atoms in total. The lowest BCUT2D eigenvalue weighted by molar-refractivity contribution is -0.129. The van der Waals surface area contributed by atoms with Gasteiger partial charge in [-0.05, 0) is 30.3 Å². The quantitative estimate of drug-likeness (QED) is 0.891. The number of hydrogen-bond donors (Lipinski definition) is 1. The minimum absolute atomic E-state index is 0.0785. The summed E-state index contributed by atoms with van der Waals surface area (Å²) in [5, 5.41) is 3.73. The second-order valence-electron chi connectivity index (χ2n) is 5.90. The zero-order valence-corrected chi connectivity index (χ0v) is 15.0. The average molecular weight is 360 g/mol. The van der Waals surface area contributed by atoms with E-state index in [1.165, 1.54) is 5.69 Å². The lowest BCUT2D eigenvalue weighted by atomic mass is 10.2. The number of hydrogen-bond acceptors (Lipinski definition) is 4. The van der Waals surface area contributed by atoms with Gasteiger partial charge in [0.25, 0.3) is 0 Å². The Kier molecular flexibility index (Phi) is 5.66. The van der Waals surface area contributed by atoms with Crippen LogP contribution in [0.4, 0.5) is 11.4 Å². The molecule has 1 aliphatic heterocycles. The number of amides is 1. The minimum Gasteiger partial charge on any atom is -0.495 e. The standard InChI is InChI=1S/C19H22ClN3O2/c1-25-18-8-7-15(20)13-17(18)21-14-19(24)23-11-9-22(10-12-23)16-5-3-2-4-6-16/h2-8,13,21H,9-12,14H2,1H3. The van der Waals surface area contributed by atoms with Crippen molar-refractivity contribution in [3.8, 4) is 5.75 Å². The summed E-state index contributed by atoms with van der Waals surface area (Å²) in [7, 11) is 1.60. The summed E-state index contributed by atoms with van der Waals surface area (Å²) in [5.41, 5.74) is 1.93. The fourth-order valence-electron chi connectivity index (χ4n) is 2.95. The molecular weight excluding hydrogens is 338 g/mol. The van der Waals surface area contributed by atoms with E-state index >= 15 is 0 Å². The van der Waals surface area contributed by atoms with Crippen LogP contribution in [0.1, 0.15) is 0 Å². The molecule has 1 aliphatic rings. The Hall–Kier alpha value is -2.40. The first kappa shape index (κ1) is 17.4. The molecule has 0 unspecified atom stereocenters. The second-order valence-corrected chi connectivity index (χ2v) is 6.34. The molecule has 0 saturated carbocycles. The third-order valence-corrected chi connectivity index (χ3v) is 4.58. The number of methoxy groups -OCH3 is 1. The maximum absolute atomic E-state index is 12.5.